The number of methoxy groups -OCH3 is 1. The minimum atomic E-state index is -3.76. The van der Waals surface area contributed by atoms with Gasteiger partial charge in [-0.1, -0.05) is 32.9 Å². The number of ketones is 1. The Morgan fingerprint density at radius 1 is 1.04 bits per heavy atom. The molecule has 6 heteroatoms. The van der Waals surface area contributed by atoms with E-state index in [1.54, 1.807) is 30.3 Å². The molecule has 26 heavy (non-hydrogen) atoms. The van der Waals surface area contributed by atoms with Gasteiger partial charge in [0.1, 0.15) is 5.75 Å². The number of ether oxygens (including phenoxy) is 1. The SMILES string of the molecule is COc1ccc2c(c1)N(S(=O)(=O)c1ccc(C(C)(C)C)cc1)CCC2=O. The van der Waals surface area contributed by atoms with Gasteiger partial charge in [0.15, 0.2) is 5.78 Å². The minimum absolute atomic E-state index is 0.0558. The summed E-state index contributed by atoms with van der Waals surface area (Å²) < 4.78 is 32.9. The summed E-state index contributed by atoms with van der Waals surface area (Å²) in [6.45, 7) is 6.36. The molecule has 0 aliphatic carbocycles. The number of carbonyl (C=O) groups excluding carboxylic acids is 1. The first-order valence-corrected chi connectivity index (χ1v) is 9.93. The van der Waals surface area contributed by atoms with E-state index in [1.165, 1.54) is 11.4 Å². The van der Waals surface area contributed by atoms with Gasteiger partial charge in [-0.2, -0.15) is 0 Å². The lowest BCUT2D eigenvalue weighted by Gasteiger charge is -2.30. The van der Waals surface area contributed by atoms with Crippen LogP contribution in [0.4, 0.5) is 5.69 Å². The predicted octanol–water partition coefficient (Wildman–Crippen LogP) is 3.77. The summed E-state index contributed by atoms with van der Waals surface area (Å²) >= 11 is 0. The number of hydrogen-bond donors (Lipinski definition) is 0. The van der Waals surface area contributed by atoms with E-state index < -0.39 is 10.0 Å². The Morgan fingerprint density at radius 3 is 2.27 bits per heavy atom. The number of hydrogen-bond acceptors (Lipinski definition) is 4. The first-order valence-electron chi connectivity index (χ1n) is 8.49. The maximum Gasteiger partial charge on any atom is 0.264 e. The van der Waals surface area contributed by atoms with Crippen molar-refractivity contribution < 1.29 is 17.9 Å². The molecular formula is C20H23NO4S. The molecule has 0 atom stereocenters. The number of rotatable bonds is 3. The largest absolute Gasteiger partial charge is 0.497 e. The number of nitrogens with zero attached hydrogens (tertiary/aromatic N) is 1. The molecule has 0 unspecified atom stereocenters. The Labute approximate surface area is 154 Å². The molecule has 0 amide bonds. The van der Waals surface area contributed by atoms with Gasteiger partial charge in [0.25, 0.3) is 10.0 Å². The highest BCUT2D eigenvalue weighted by atomic mass is 32.2. The summed E-state index contributed by atoms with van der Waals surface area (Å²) in [6, 6.07) is 11.8. The second kappa shape index (κ2) is 6.43. The Hall–Kier alpha value is -2.34. The second-order valence-corrected chi connectivity index (χ2v) is 9.27. The van der Waals surface area contributed by atoms with Crippen molar-refractivity contribution in [1.82, 2.24) is 0 Å². The van der Waals surface area contributed by atoms with Crippen molar-refractivity contribution in [1.29, 1.82) is 0 Å². The van der Waals surface area contributed by atoms with E-state index in [1.807, 2.05) is 12.1 Å². The molecule has 2 aromatic carbocycles. The molecule has 2 aromatic rings. The van der Waals surface area contributed by atoms with Gasteiger partial charge < -0.3 is 4.74 Å². The number of sulfonamides is 1. The van der Waals surface area contributed by atoms with Gasteiger partial charge in [-0.15, -0.1) is 0 Å². The average molecular weight is 373 g/mol. The van der Waals surface area contributed by atoms with Crippen molar-refractivity contribution in [2.45, 2.75) is 37.5 Å². The molecule has 1 heterocycles. The van der Waals surface area contributed by atoms with Crippen LogP contribution in [0.15, 0.2) is 47.4 Å². The van der Waals surface area contributed by atoms with Crippen molar-refractivity contribution >= 4 is 21.5 Å². The Morgan fingerprint density at radius 2 is 1.69 bits per heavy atom. The van der Waals surface area contributed by atoms with Crippen LogP contribution in [0.1, 0.15) is 43.1 Å². The van der Waals surface area contributed by atoms with Gasteiger partial charge in [0.2, 0.25) is 0 Å². The Balaban J connectivity index is 2.06. The quantitative estimate of drug-likeness (QED) is 0.821. The van der Waals surface area contributed by atoms with E-state index in [4.69, 9.17) is 4.74 Å². The third-order valence-corrected chi connectivity index (χ3v) is 6.45. The molecule has 0 fully saturated rings. The van der Waals surface area contributed by atoms with Crippen LogP contribution in [0.5, 0.6) is 5.75 Å². The van der Waals surface area contributed by atoms with E-state index in [2.05, 4.69) is 20.8 Å². The van der Waals surface area contributed by atoms with Gasteiger partial charge in [0, 0.05) is 24.6 Å². The molecule has 0 saturated heterocycles. The van der Waals surface area contributed by atoms with E-state index in [-0.39, 0.29) is 29.1 Å². The Kier molecular flexibility index (Phi) is 4.56. The first-order chi connectivity index (χ1) is 12.1. The molecule has 138 valence electrons. The summed E-state index contributed by atoms with van der Waals surface area (Å²) in [6.07, 6.45) is 0.165. The zero-order valence-corrected chi connectivity index (χ0v) is 16.3. The molecule has 0 aromatic heterocycles. The third-order valence-electron chi connectivity index (χ3n) is 4.62. The third kappa shape index (κ3) is 3.21. The summed E-state index contributed by atoms with van der Waals surface area (Å²) in [5, 5.41) is 0. The van der Waals surface area contributed by atoms with Crippen LogP contribution in [0, 0.1) is 0 Å². The number of carbonyl (C=O) groups is 1. The van der Waals surface area contributed by atoms with E-state index in [0.29, 0.717) is 17.0 Å². The average Bonchev–Trinajstić information content (AvgIpc) is 2.60. The van der Waals surface area contributed by atoms with Crippen LogP contribution in [-0.4, -0.2) is 27.9 Å². The van der Waals surface area contributed by atoms with Crippen molar-refractivity contribution in [3.8, 4) is 5.75 Å². The van der Waals surface area contributed by atoms with Gasteiger partial charge in [-0.05, 0) is 35.2 Å². The molecule has 0 bridgehead atoms. The normalized spacial score (nSPS) is 14.9. The second-order valence-electron chi connectivity index (χ2n) is 7.41. The Bertz CT molecular complexity index is 941. The minimum Gasteiger partial charge on any atom is -0.497 e. The highest BCUT2D eigenvalue weighted by Gasteiger charge is 2.33. The zero-order valence-electron chi connectivity index (χ0n) is 15.4. The maximum absolute atomic E-state index is 13.2. The molecule has 1 aliphatic rings. The molecule has 5 nitrogen and oxygen atoms in total. The van der Waals surface area contributed by atoms with Crippen molar-refractivity contribution in [2.75, 3.05) is 18.0 Å². The highest BCUT2D eigenvalue weighted by Crippen LogP contribution is 2.35. The smallest absolute Gasteiger partial charge is 0.264 e. The van der Waals surface area contributed by atoms with Gasteiger partial charge in [-0.3, -0.25) is 9.10 Å². The fourth-order valence-electron chi connectivity index (χ4n) is 3.04. The summed E-state index contributed by atoms with van der Waals surface area (Å²) in [4.78, 5) is 12.4. The number of fused-ring (bicyclic) bond motifs is 1. The molecule has 0 radical (unpaired) electrons. The zero-order chi connectivity index (χ0) is 19.1. The summed E-state index contributed by atoms with van der Waals surface area (Å²) in [5.74, 6) is 0.457. The number of Topliss-reactive ketones (excluding diaryl/α,β-unsaturated/α-hetero) is 1. The van der Waals surface area contributed by atoms with Crippen LogP contribution in [0.2, 0.25) is 0 Å². The van der Waals surface area contributed by atoms with Gasteiger partial charge in [0.05, 0.1) is 17.7 Å². The lowest BCUT2D eigenvalue weighted by molar-refractivity contribution is 0.0982. The van der Waals surface area contributed by atoms with E-state index in [0.717, 1.165) is 5.56 Å². The highest BCUT2D eigenvalue weighted by molar-refractivity contribution is 7.92. The van der Waals surface area contributed by atoms with Crippen molar-refractivity contribution in [2.24, 2.45) is 0 Å². The van der Waals surface area contributed by atoms with Crippen LogP contribution < -0.4 is 9.04 Å². The number of benzene rings is 2. The van der Waals surface area contributed by atoms with Crippen LogP contribution >= 0.6 is 0 Å². The molecule has 3 rings (SSSR count). The van der Waals surface area contributed by atoms with Gasteiger partial charge in [-0.25, -0.2) is 8.42 Å². The topological polar surface area (TPSA) is 63.7 Å². The van der Waals surface area contributed by atoms with Crippen LogP contribution in [0.3, 0.4) is 0 Å². The lowest BCUT2D eigenvalue weighted by atomic mass is 9.87. The van der Waals surface area contributed by atoms with E-state index in [9.17, 15) is 13.2 Å². The predicted molar refractivity (Wildman–Crippen MR) is 102 cm³/mol. The summed E-state index contributed by atoms with van der Waals surface area (Å²) in [7, 11) is -2.25. The molecule has 0 N–H and O–H groups in total. The monoisotopic (exact) mass is 373 g/mol. The molecule has 0 spiro atoms. The number of anilines is 1. The summed E-state index contributed by atoms with van der Waals surface area (Å²) in [5.41, 5.74) is 1.79. The standard InChI is InChI=1S/C20H23NO4S/c1-20(2,3)14-5-8-16(9-6-14)26(23,24)21-12-11-19(22)17-10-7-15(25-4)13-18(17)21/h5-10,13H,11-12H2,1-4H3. The van der Waals surface area contributed by atoms with Gasteiger partial charge >= 0.3 is 0 Å². The molecule has 1 aliphatic heterocycles. The maximum atomic E-state index is 13.2. The van der Waals surface area contributed by atoms with Crippen LogP contribution in [0.25, 0.3) is 0 Å². The molecule has 0 saturated carbocycles. The van der Waals surface area contributed by atoms with Crippen molar-refractivity contribution in [3.05, 3.63) is 53.6 Å². The fraction of sp³-hybridized carbons (Fsp3) is 0.350. The first kappa shape index (κ1) is 18.5. The molecular weight excluding hydrogens is 350 g/mol. The van der Waals surface area contributed by atoms with E-state index >= 15 is 0 Å². The fourth-order valence-corrected chi connectivity index (χ4v) is 4.52. The van der Waals surface area contributed by atoms with Crippen molar-refractivity contribution in [3.63, 3.8) is 0 Å². The van der Waals surface area contributed by atoms with Crippen LogP contribution in [-0.2, 0) is 15.4 Å². The lowest BCUT2D eigenvalue weighted by Crippen LogP contribution is -2.37.